The minimum atomic E-state index is -4.32. The van der Waals surface area contributed by atoms with E-state index in [4.69, 9.17) is 0 Å². The molecule has 148 valence electrons. The van der Waals surface area contributed by atoms with Gasteiger partial charge in [-0.25, -0.2) is 0 Å². The molecule has 1 aromatic rings. The monoisotopic (exact) mass is 375 g/mol. The van der Waals surface area contributed by atoms with Crippen molar-refractivity contribution in [2.75, 3.05) is 20.2 Å². The SMILES string of the molecule is CC.COC(=O)C1CC1.OC1(c2ccc(C(F)(F)F)cc2)CCNCC1. The summed E-state index contributed by atoms with van der Waals surface area (Å²) in [6.07, 6.45) is -1.20. The number of alkyl halides is 3. The highest BCUT2D eigenvalue weighted by Crippen LogP contribution is 2.34. The normalized spacial score (nSPS) is 18.6. The second-order valence-corrected chi connectivity index (χ2v) is 6.15. The van der Waals surface area contributed by atoms with Gasteiger partial charge in [0.2, 0.25) is 0 Å². The Morgan fingerprint density at radius 2 is 1.65 bits per heavy atom. The van der Waals surface area contributed by atoms with Gasteiger partial charge in [-0.15, -0.1) is 0 Å². The van der Waals surface area contributed by atoms with Crippen LogP contribution in [0.2, 0.25) is 0 Å². The number of hydrogen-bond acceptors (Lipinski definition) is 4. The molecule has 2 fully saturated rings. The van der Waals surface area contributed by atoms with Crippen molar-refractivity contribution in [3.05, 3.63) is 35.4 Å². The number of ether oxygens (including phenoxy) is 1. The van der Waals surface area contributed by atoms with Gasteiger partial charge in [-0.2, -0.15) is 13.2 Å². The predicted octanol–water partition coefficient (Wildman–Crippen LogP) is 3.87. The van der Waals surface area contributed by atoms with Gasteiger partial charge in [0.25, 0.3) is 0 Å². The molecule has 1 heterocycles. The van der Waals surface area contributed by atoms with Gasteiger partial charge in [0.05, 0.1) is 24.2 Å². The van der Waals surface area contributed by atoms with Gasteiger partial charge in [-0.05, 0) is 56.5 Å². The third-order valence-electron chi connectivity index (χ3n) is 4.29. The smallest absolute Gasteiger partial charge is 0.416 e. The van der Waals surface area contributed by atoms with E-state index in [0.717, 1.165) is 25.0 Å². The molecular weight excluding hydrogens is 347 g/mol. The van der Waals surface area contributed by atoms with Gasteiger partial charge in [-0.1, -0.05) is 26.0 Å². The minimum Gasteiger partial charge on any atom is -0.469 e. The van der Waals surface area contributed by atoms with E-state index in [1.54, 1.807) is 0 Å². The number of aliphatic hydroxyl groups is 1. The molecule has 7 heteroatoms. The molecule has 0 spiro atoms. The average molecular weight is 375 g/mol. The van der Waals surface area contributed by atoms with E-state index in [1.807, 2.05) is 13.8 Å². The van der Waals surface area contributed by atoms with Gasteiger partial charge in [0, 0.05) is 0 Å². The predicted molar refractivity (Wildman–Crippen MR) is 93.5 cm³/mol. The van der Waals surface area contributed by atoms with Crippen molar-refractivity contribution in [3.63, 3.8) is 0 Å². The largest absolute Gasteiger partial charge is 0.469 e. The molecule has 1 aliphatic carbocycles. The highest BCUT2D eigenvalue weighted by molar-refractivity contribution is 5.74. The molecule has 4 nitrogen and oxygen atoms in total. The highest BCUT2D eigenvalue weighted by atomic mass is 19.4. The molecule has 1 aromatic carbocycles. The number of piperidine rings is 1. The lowest BCUT2D eigenvalue weighted by Gasteiger charge is -2.33. The Balaban J connectivity index is 0.000000313. The van der Waals surface area contributed by atoms with Crippen molar-refractivity contribution in [2.24, 2.45) is 5.92 Å². The first kappa shape index (κ1) is 22.4. The van der Waals surface area contributed by atoms with Crippen molar-refractivity contribution >= 4 is 5.97 Å². The Labute approximate surface area is 152 Å². The Hall–Kier alpha value is -1.60. The molecule has 0 radical (unpaired) electrons. The van der Waals surface area contributed by atoms with Crippen LogP contribution in [-0.2, 0) is 21.3 Å². The molecule has 3 rings (SSSR count). The topological polar surface area (TPSA) is 58.6 Å². The van der Waals surface area contributed by atoms with E-state index >= 15 is 0 Å². The number of nitrogens with one attached hydrogen (secondary N) is 1. The second-order valence-electron chi connectivity index (χ2n) is 6.15. The first-order valence-corrected chi connectivity index (χ1v) is 8.95. The van der Waals surface area contributed by atoms with Gasteiger partial charge in [-0.3, -0.25) is 4.79 Å². The van der Waals surface area contributed by atoms with Gasteiger partial charge >= 0.3 is 12.1 Å². The summed E-state index contributed by atoms with van der Waals surface area (Å²) in [6.45, 7) is 5.36. The first-order valence-electron chi connectivity index (χ1n) is 8.95. The highest BCUT2D eigenvalue weighted by Gasteiger charge is 2.34. The summed E-state index contributed by atoms with van der Waals surface area (Å²) in [5.74, 6) is 0.213. The first-order chi connectivity index (χ1) is 12.3. The summed E-state index contributed by atoms with van der Waals surface area (Å²) in [5, 5.41) is 13.4. The van der Waals surface area contributed by atoms with Crippen LogP contribution in [0, 0.1) is 5.92 Å². The maximum Gasteiger partial charge on any atom is 0.416 e. The van der Waals surface area contributed by atoms with Gasteiger partial charge in [0.15, 0.2) is 0 Å². The van der Waals surface area contributed by atoms with Crippen molar-refractivity contribution in [2.45, 2.75) is 51.3 Å². The summed E-state index contributed by atoms with van der Waals surface area (Å²) in [6, 6.07) is 4.78. The van der Waals surface area contributed by atoms with E-state index in [2.05, 4.69) is 10.1 Å². The van der Waals surface area contributed by atoms with Crippen molar-refractivity contribution < 1.29 is 27.8 Å². The molecule has 2 aliphatic rings. The lowest BCUT2D eigenvalue weighted by atomic mass is 9.85. The number of methoxy groups -OCH3 is 1. The molecule has 0 aromatic heterocycles. The molecule has 1 aliphatic heterocycles. The number of rotatable bonds is 2. The molecule has 0 bridgehead atoms. The van der Waals surface area contributed by atoms with E-state index < -0.39 is 17.3 Å². The van der Waals surface area contributed by atoms with Crippen molar-refractivity contribution in [1.82, 2.24) is 5.32 Å². The lowest BCUT2D eigenvalue weighted by molar-refractivity contribution is -0.142. The molecule has 0 unspecified atom stereocenters. The maximum atomic E-state index is 12.4. The fraction of sp³-hybridized carbons (Fsp3) is 0.632. The fourth-order valence-corrected chi connectivity index (χ4v) is 2.58. The number of esters is 1. The zero-order valence-corrected chi connectivity index (χ0v) is 15.5. The molecule has 26 heavy (non-hydrogen) atoms. The number of halogens is 3. The van der Waals surface area contributed by atoms with E-state index in [-0.39, 0.29) is 11.9 Å². The molecule has 1 saturated heterocycles. The Bertz CT molecular complexity index is 548. The Kier molecular flexibility index (Phi) is 8.56. The number of hydrogen-bond donors (Lipinski definition) is 2. The van der Waals surface area contributed by atoms with Crippen LogP contribution >= 0.6 is 0 Å². The third-order valence-corrected chi connectivity index (χ3v) is 4.29. The Morgan fingerprint density at radius 3 is 2.00 bits per heavy atom. The van der Waals surface area contributed by atoms with Crippen LogP contribution in [0.1, 0.15) is 50.7 Å². The van der Waals surface area contributed by atoms with E-state index in [9.17, 15) is 23.1 Å². The summed E-state index contributed by atoms with van der Waals surface area (Å²) >= 11 is 0. The van der Waals surface area contributed by atoms with Crippen LogP contribution < -0.4 is 5.32 Å². The minimum absolute atomic E-state index is 0.0417. The standard InChI is InChI=1S/C12H14F3NO.C5H8O2.C2H6/c13-12(14,15)10-3-1-9(2-4-10)11(17)5-7-16-8-6-11;1-7-5(6)4-2-3-4;1-2/h1-4,16-17H,5-8H2;4H,2-3H2,1H3;1-2H3. The van der Waals surface area contributed by atoms with Crippen molar-refractivity contribution in [3.8, 4) is 0 Å². The zero-order chi connectivity index (χ0) is 19.8. The van der Waals surface area contributed by atoms with Gasteiger partial charge < -0.3 is 15.2 Å². The quantitative estimate of drug-likeness (QED) is 0.771. The number of carbonyl (C=O) groups is 1. The van der Waals surface area contributed by atoms with Crippen LogP contribution in [0.4, 0.5) is 13.2 Å². The van der Waals surface area contributed by atoms with E-state index in [1.165, 1.54) is 19.2 Å². The second kappa shape index (κ2) is 9.92. The molecule has 0 amide bonds. The van der Waals surface area contributed by atoms with Gasteiger partial charge in [0.1, 0.15) is 0 Å². The zero-order valence-electron chi connectivity index (χ0n) is 15.5. The van der Waals surface area contributed by atoms with Crippen LogP contribution in [0.15, 0.2) is 24.3 Å². The molecule has 1 saturated carbocycles. The maximum absolute atomic E-state index is 12.4. The third kappa shape index (κ3) is 6.61. The van der Waals surface area contributed by atoms with Crippen LogP contribution in [0.25, 0.3) is 0 Å². The van der Waals surface area contributed by atoms with Crippen molar-refractivity contribution in [1.29, 1.82) is 0 Å². The summed E-state index contributed by atoms with van der Waals surface area (Å²) < 4.78 is 41.6. The van der Waals surface area contributed by atoms with Crippen LogP contribution in [0.5, 0.6) is 0 Å². The molecule has 0 atom stereocenters. The number of carbonyl (C=O) groups excluding carboxylic acids is 1. The lowest BCUT2D eigenvalue weighted by Crippen LogP contribution is -2.39. The van der Waals surface area contributed by atoms with Crippen LogP contribution in [-0.4, -0.2) is 31.3 Å². The average Bonchev–Trinajstić information content (AvgIpc) is 3.49. The summed E-state index contributed by atoms with van der Waals surface area (Å²) in [7, 11) is 1.43. The number of benzene rings is 1. The van der Waals surface area contributed by atoms with Crippen LogP contribution in [0.3, 0.4) is 0 Å². The summed E-state index contributed by atoms with van der Waals surface area (Å²) in [4.78, 5) is 10.4. The molecule has 2 N–H and O–H groups in total. The Morgan fingerprint density at radius 1 is 1.15 bits per heavy atom. The molecular formula is C19H28F3NO3. The summed E-state index contributed by atoms with van der Waals surface area (Å²) in [5.41, 5.74) is -1.11. The fourth-order valence-electron chi connectivity index (χ4n) is 2.58. The van der Waals surface area contributed by atoms with E-state index in [0.29, 0.717) is 31.5 Å².